The molecule has 2 N–H and O–H groups in total. The van der Waals surface area contributed by atoms with Crippen molar-refractivity contribution in [1.29, 1.82) is 0 Å². The zero-order valence-electron chi connectivity index (χ0n) is 21.0. The van der Waals surface area contributed by atoms with Crippen molar-refractivity contribution in [3.05, 3.63) is 17.0 Å². The van der Waals surface area contributed by atoms with Crippen LogP contribution in [0, 0.1) is 18.8 Å². The van der Waals surface area contributed by atoms with Gasteiger partial charge < -0.3 is 20.1 Å². The lowest BCUT2D eigenvalue weighted by atomic mass is 9.98. The lowest BCUT2D eigenvalue weighted by Gasteiger charge is -2.31. The molecule has 13 heteroatoms. The fourth-order valence-corrected chi connectivity index (χ4v) is 4.05. The van der Waals surface area contributed by atoms with Gasteiger partial charge in [0, 0.05) is 13.5 Å². The Morgan fingerprint density at radius 3 is 2.11 bits per heavy atom. The second-order valence-corrected chi connectivity index (χ2v) is 9.50. The zero-order chi connectivity index (χ0) is 27.5. The number of nitrogens with zero attached hydrogens (tertiary/aromatic N) is 2. The van der Waals surface area contributed by atoms with Gasteiger partial charge in [0.15, 0.2) is 11.5 Å². The number of rotatable bonds is 9. The number of likely N-dealkylation sites (tertiary alicyclic amines) is 1. The Morgan fingerprint density at radius 1 is 1.03 bits per heavy atom. The molecule has 0 unspecified atom stereocenters. The highest BCUT2D eigenvalue weighted by Crippen LogP contribution is 2.24. The van der Waals surface area contributed by atoms with E-state index < -0.39 is 65.4 Å². The van der Waals surface area contributed by atoms with E-state index in [1.807, 2.05) is 0 Å². The number of nitrogens with one attached hydrogen (secondary N) is 2. The van der Waals surface area contributed by atoms with E-state index in [-0.39, 0.29) is 30.0 Å². The summed E-state index contributed by atoms with van der Waals surface area (Å²) in [6.45, 7) is 8.86. The first-order valence-electron chi connectivity index (χ1n) is 11.6. The first kappa shape index (κ1) is 29.0. The minimum absolute atomic E-state index is 0.0835. The minimum atomic E-state index is -5.13. The Labute approximate surface area is 206 Å². The number of halogens is 3. The number of Topliss-reactive ketones (excluding diaryl/α,β-unsaturated/α-hetero) is 2. The number of ketones is 2. The van der Waals surface area contributed by atoms with Crippen molar-refractivity contribution in [3.8, 4) is 0 Å². The fourth-order valence-electron chi connectivity index (χ4n) is 4.05. The Bertz CT molecular complexity index is 1030. The Morgan fingerprint density at radius 2 is 1.61 bits per heavy atom. The lowest BCUT2D eigenvalue weighted by molar-refractivity contribution is -0.175. The second kappa shape index (κ2) is 11.2. The number of aryl methyl sites for hydroxylation is 1. The number of hydrogen-bond donors (Lipinski definition) is 2. The molecule has 200 valence electrons. The van der Waals surface area contributed by atoms with Crippen LogP contribution in [-0.4, -0.2) is 70.2 Å². The van der Waals surface area contributed by atoms with Gasteiger partial charge in [-0.05, 0) is 31.6 Å². The van der Waals surface area contributed by atoms with Crippen LogP contribution in [0.5, 0.6) is 0 Å². The molecule has 3 amide bonds. The van der Waals surface area contributed by atoms with Crippen molar-refractivity contribution >= 4 is 29.3 Å². The monoisotopic (exact) mass is 516 g/mol. The molecule has 0 spiro atoms. The summed E-state index contributed by atoms with van der Waals surface area (Å²) in [4.78, 5) is 64.0. The average molecular weight is 517 g/mol. The fraction of sp³-hybridized carbons (Fsp3) is 0.652. The van der Waals surface area contributed by atoms with E-state index in [1.165, 1.54) is 32.6 Å². The van der Waals surface area contributed by atoms with Gasteiger partial charge in [0.2, 0.25) is 11.8 Å². The molecule has 1 fully saturated rings. The molecule has 0 saturated carbocycles. The molecule has 10 nitrogen and oxygen atoms in total. The molecule has 1 aromatic heterocycles. The summed E-state index contributed by atoms with van der Waals surface area (Å²) in [5.74, 6) is -6.02. The normalized spacial score (nSPS) is 17.8. The van der Waals surface area contributed by atoms with E-state index in [2.05, 4.69) is 15.8 Å². The summed E-state index contributed by atoms with van der Waals surface area (Å²) in [6, 6.07) is -4.02. The quantitative estimate of drug-likeness (QED) is 0.480. The lowest BCUT2D eigenvalue weighted by Crippen LogP contribution is -2.58. The van der Waals surface area contributed by atoms with Gasteiger partial charge in [-0.3, -0.25) is 24.0 Å². The predicted octanol–water partition coefficient (Wildman–Crippen LogP) is 2.20. The summed E-state index contributed by atoms with van der Waals surface area (Å²) in [6.07, 6.45) is -4.54. The summed E-state index contributed by atoms with van der Waals surface area (Å²) in [5, 5.41) is 8.31. The molecular weight excluding hydrogens is 485 g/mol. The van der Waals surface area contributed by atoms with Gasteiger partial charge in [-0.1, -0.05) is 32.9 Å². The van der Waals surface area contributed by atoms with Crippen molar-refractivity contribution in [3.63, 3.8) is 0 Å². The van der Waals surface area contributed by atoms with Gasteiger partial charge in [-0.15, -0.1) is 0 Å². The Hall–Kier alpha value is -3.25. The van der Waals surface area contributed by atoms with Crippen LogP contribution in [0.25, 0.3) is 0 Å². The van der Waals surface area contributed by atoms with Gasteiger partial charge in [-0.25, -0.2) is 0 Å². The minimum Gasteiger partial charge on any atom is -0.360 e. The molecule has 2 rings (SSSR count). The van der Waals surface area contributed by atoms with E-state index in [0.717, 1.165) is 0 Å². The molecule has 3 atom stereocenters. The largest absolute Gasteiger partial charge is 0.452 e. The predicted molar refractivity (Wildman–Crippen MR) is 120 cm³/mol. The van der Waals surface area contributed by atoms with Gasteiger partial charge in [0.25, 0.3) is 11.7 Å². The molecule has 0 bridgehead atoms. The summed E-state index contributed by atoms with van der Waals surface area (Å²) in [5.41, 5.74) is -0.297. The highest BCUT2D eigenvalue weighted by atomic mass is 19.4. The van der Waals surface area contributed by atoms with Crippen LogP contribution in [0.2, 0.25) is 0 Å². The summed E-state index contributed by atoms with van der Waals surface area (Å²) >= 11 is 0. The molecule has 1 saturated heterocycles. The first-order valence-corrected chi connectivity index (χ1v) is 11.6. The molecule has 1 aliphatic heterocycles. The highest BCUT2D eigenvalue weighted by molar-refractivity contribution is 6.07. The van der Waals surface area contributed by atoms with E-state index in [9.17, 15) is 37.1 Å². The van der Waals surface area contributed by atoms with Crippen LogP contribution in [0.15, 0.2) is 4.52 Å². The number of aromatic nitrogens is 1. The van der Waals surface area contributed by atoms with Crippen molar-refractivity contribution in [2.75, 3.05) is 6.54 Å². The highest BCUT2D eigenvalue weighted by Gasteiger charge is 2.46. The van der Waals surface area contributed by atoms with E-state index >= 15 is 0 Å². The Balaban J connectivity index is 2.24. The van der Waals surface area contributed by atoms with Crippen molar-refractivity contribution in [1.82, 2.24) is 20.7 Å². The van der Waals surface area contributed by atoms with Gasteiger partial charge in [0.1, 0.15) is 23.4 Å². The maximum absolute atomic E-state index is 13.4. The third-order valence-electron chi connectivity index (χ3n) is 6.01. The van der Waals surface area contributed by atoms with Gasteiger partial charge in [-0.2, -0.15) is 13.2 Å². The molecular formula is C23H31F3N4O6. The third-order valence-corrected chi connectivity index (χ3v) is 6.01. The molecule has 2 heterocycles. The van der Waals surface area contributed by atoms with E-state index in [0.29, 0.717) is 6.42 Å². The van der Waals surface area contributed by atoms with E-state index in [4.69, 9.17) is 4.52 Å². The maximum atomic E-state index is 13.4. The number of alkyl halides is 3. The number of hydrogen-bond acceptors (Lipinski definition) is 7. The zero-order valence-corrected chi connectivity index (χ0v) is 21.0. The van der Waals surface area contributed by atoms with Crippen LogP contribution >= 0.6 is 0 Å². The molecule has 0 aromatic carbocycles. The smallest absolute Gasteiger partial charge is 0.360 e. The van der Waals surface area contributed by atoms with Crippen LogP contribution < -0.4 is 10.6 Å². The van der Waals surface area contributed by atoms with Crippen LogP contribution in [0.4, 0.5) is 13.2 Å². The maximum Gasteiger partial charge on any atom is 0.452 e. The van der Waals surface area contributed by atoms with Crippen LogP contribution in [-0.2, 0) is 14.4 Å². The Kier molecular flexibility index (Phi) is 9.03. The SMILES string of the molecule is CC(=O)c1noc(C)c1C(=O)N[C@H](C(=O)N1CCC[C@H]1C(=O)N[C@H](C(=O)C(F)(F)F)C(C)C)C(C)C. The summed E-state index contributed by atoms with van der Waals surface area (Å²) < 4.78 is 43.9. The summed E-state index contributed by atoms with van der Waals surface area (Å²) in [7, 11) is 0. The van der Waals surface area contributed by atoms with Crippen molar-refractivity contribution in [2.24, 2.45) is 11.8 Å². The number of carbonyl (C=O) groups excluding carboxylic acids is 5. The molecule has 1 aromatic rings. The van der Waals surface area contributed by atoms with Crippen molar-refractivity contribution < 1.29 is 41.7 Å². The van der Waals surface area contributed by atoms with Gasteiger partial charge in [0.05, 0.1) is 6.04 Å². The molecule has 0 radical (unpaired) electrons. The van der Waals surface area contributed by atoms with E-state index in [1.54, 1.807) is 13.8 Å². The topological polar surface area (TPSA) is 139 Å². The number of amides is 3. The third kappa shape index (κ3) is 6.30. The van der Waals surface area contributed by atoms with Crippen molar-refractivity contribution in [2.45, 2.75) is 78.7 Å². The second-order valence-electron chi connectivity index (χ2n) is 9.50. The molecule has 36 heavy (non-hydrogen) atoms. The van der Waals surface area contributed by atoms with Gasteiger partial charge >= 0.3 is 6.18 Å². The van der Waals surface area contributed by atoms with Crippen LogP contribution in [0.1, 0.15) is 74.1 Å². The van der Waals surface area contributed by atoms with Crippen LogP contribution in [0.3, 0.4) is 0 Å². The standard InChI is InChI=1S/C23H31F3N4O6/c1-10(2)16(19(32)23(24,25)26)27-20(33)14-8-7-9-30(14)22(35)17(11(3)4)28-21(34)15-13(6)36-29-18(15)12(5)31/h10-11,14,16-17H,7-9H2,1-6H3,(H,27,33)(H,28,34)/t14-,16-,17-/m0/s1. The molecule has 0 aliphatic carbocycles. The first-order chi connectivity index (χ1) is 16.6. The number of carbonyl (C=O) groups is 5. The average Bonchev–Trinajstić information content (AvgIpc) is 3.40. The molecule has 1 aliphatic rings.